The molecule has 2 N–H and O–H groups in total. The number of amides is 1. The minimum Gasteiger partial charge on any atom is -0.478 e. The topological polar surface area (TPSA) is 66.4 Å². The Morgan fingerprint density at radius 2 is 2.26 bits per heavy atom. The van der Waals surface area contributed by atoms with Crippen molar-refractivity contribution in [3.05, 3.63) is 28.0 Å². The van der Waals surface area contributed by atoms with E-state index in [4.69, 9.17) is 5.11 Å². The number of carboxylic acids is 1. The Morgan fingerprint density at radius 1 is 1.53 bits per heavy atom. The van der Waals surface area contributed by atoms with E-state index in [0.717, 1.165) is 22.5 Å². The van der Waals surface area contributed by atoms with Gasteiger partial charge in [-0.25, -0.2) is 4.79 Å². The molecule has 0 aliphatic heterocycles. The summed E-state index contributed by atoms with van der Waals surface area (Å²) in [4.78, 5) is 23.7. The maximum Gasteiger partial charge on any atom is 0.328 e. The van der Waals surface area contributed by atoms with Gasteiger partial charge >= 0.3 is 5.97 Å². The van der Waals surface area contributed by atoms with Crippen LogP contribution < -0.4 is 5.32 Å². The van der Waals surface area contributed by atoms with Gasteiger partial charge in [0.2, 0.25) is 0 Å². The average molecular weight is 299 g/mol. The van der Waals surface area contributed by atoms with Crippen LogP contribution >= 0.6 is 23.1 Å². The molecule has 0 aromatic carbocycles. The van der Waals surface area contributed by atoms with Gasteiger partial charge in [-0.2, -0.15) is 11.8 Å². The number of carbonyl (C=O) groups is 2. The first-order valence-corrected chi connectivity index (χ1v) is 7.89. The van der Waals surface area contributed by atoms with Crippen molar-refractivity contribution in [3.8, 4) is 0 Å². The standard InChI is InChI=1S/C13H17NO3S2/c1-3-18-8-9(2)14-13(17)11-6-4-10(19-11)5-7-12(15)16/h4-7,9H,3,8H2,1-2H3,(H,14,17)(H,15,16)/b7-5+. The third kappa shape index (κ3) is 5.94. The zero-order valence-corrected chi connectivity index (χ0v) is 12.5. The number of thioether (sulfide) groups is 1. The number of hydrogen-bond donors (Lipinski definition) is 2. The van der Waals surface area contributed by atoms with Crippen molar-refractivity contribution >= 4 is 41.1 Å². The van der Waals surface area contributed by atoms with Crippen molar-refractivity contribution in [2.75, 3.05) is 11.5 Å². The van der Waals surface area contributed by atoms with Crippen molar-refractivity contribution in [2.45, 2.75) is 19.9 Å². The van der Waals surface area contributed by atoms with Gasteiger partial charge in [0, 0.05) is 22.7 Å². The maximum absolute atomic E-state index is 11.9. The fraction of sp³-hybridized carbons (Fsp3) is 0.385. The summed E-state index contributed by atoms with van der Waals surface area (Å²) in [6, 6.07) is 3.57. The number of carboxylic acid groups (broad SMARTS) is 1. The molecule has 0 saturated carbocycles. The summed E-state index contributed by atoms with van der Waals surface area (Å²) < 4.78 is 0. The highest BCUT2D eigenvalue weighted by Crippen LogP contribution is 2.18. The lowest BCUT2D eigenvalue weighted by atomic mass is 10.3. The van der Waals surface area contributed by atoms with E-state index in [9.17, 15) is 9.59 Å². The van der Waals surface area contributed by atoms with E-state index in [2.05, 4.69) is 12.2 Å². The normalized spacial score (nSPS) is 12.5. The molecule has 0 spiro atoms. The average Bonchev–Trinajstić information content (AvgIpc) is 2.82. The lowest BCUT2D eigenvalue weighted by Gasteiger charge is -2.11. The van der Waals surface area contributed by atoms with Gasteiger partial charge in [0.15, 0.2) is 0 Å². The Hall–Kier alpha value is -1.27. The highest BCUT2D eigenvalue weighted by atomic mass is 32.2. The third-order valence-electron chi connectivity index (χ3n) is 2.19. The van der Waals surface area contributed by atoms with Crippen LogP contribution in [0.5, 0.6) is 0 Å². The quantitative estimate of drug-likeness (QED) is 0.760. The zero-order valence-electron chi connectivity index (χ0n) is 10.9. The van der Waals surface area contributed by atoms with Crippen LogP contribution in [0.25, 0.3) is 6.08 Å². The van der Waals surface area contributed by atoms with E-state index in [1.807, 2.05) is 6.92 Å². The summed E-state index contributed by atoms with van der Waals surface area (Å²) in [6.45, 7) is 4.05. The van der Waals surface area contributed by atoms with Crippen LogP contribution in [0.2, 0.25) is 0 Å². The van der Waals surface area contributed by atoms with Gasteiger partial charge in [0.1, 0.15) is 0 Å². The molecule has 1 rings (SSSR count). The molecule has 0 saturated heterocycles. The summed E-state index contributed by atoms with van der Waals surface area (Å²) in [5.41, 5.74) is 0. The van der Waals surface area contributed by atoms with E-state index in [-0.39, 0.29) is 11.9 Å². The highest BCUT2D eigenvalue weighted by molar-refractivity contribution is 7.99. The predicted octanol–water partition coefficient (Wildman–Crippen LogP) is 2.72. The Balaban J connectivity index is 2.56. The van der Waals surface area contributed by atoms with E-state index in [1.165, 1.54) is 17.4 Å². The number of carbonyl (C=O) groups excluding carboxylic acids is 1. The van der Waals surface area contributed by atoms with E-state index < -0.39 is 5.97 Å². The Morgan fingerprint density at radius 3 is 2.89 bits per heavy atom. The van der Waals surface area contributed by atoms with Gasteiger partial charge in [-0.05, 0) is 30.9 Å². The van der Waals surface area contributed by atoms with E-state index >= 15 is 0 Å². The fourth-order valence-corrected chi connectivity index (χ4v) is 2.84. The minimum atomic E-state index is -0.996. The molecule has 104 valence electrons. The molecule has 1 unspecified atom stereocenters. The molecule has 0 aliphatic carbocycles. The molecule has 4 nitrogen and oxygen atoms in total. The van der Waals surface area contributed by atoms with E-state index in [0.29, 0.717) is 4.88 Å². The van der Waals surface area contributed by atoms with Gasteiger partial charge < -0.3 is 10.4 Å². The van der Waals surface area contributed by atoms with Crippen molar-refractivity contribution in [2.24, 2.45) is 0 Å². The van der Waals surface area contributed by atoms with Crippen molar-refractivity contribution in [3.63, 3.8) is 0 Å². The molecular formula is C13H17NO3S2. The zero-order chi connectivity index (χ0) is 14.3. The Bertz CT molecular complexity index is 468. The minimum absolute atomic E-state index is 0.107. The first kappa shape index (κ1) is 15.8. The predicted molar refractivity (Wildman–Crippen MR) is 80.9 cm³/mol. The lowest BCUT2D eigenvalue weighted by Crippen LogP contribution is -2.33. The van der Waals surface area contributed by atoms with Crippen LogP contribution in [0.15, 0.2) is 18.2 Å². The van der Waals surface area contributed by atoms with Crippen LogP contribution in [0.1, 0.15) is 28.4 Å². The van der Waals surface area contributed by atoms with Crippen LogP contribution in [0.4, 0.5) is 0 Å². The molecule has 1 aromatic rings. The smallest absolute Gasteiger partial charge is 0.328 e. The number of thiophene rings is 1. The molecule has 0 aliphatic rings. The summed E-state index contributed by atoms with van der Waals surface area (Å²) in [6.07, 6.45) is 2.55. The van der Waals surface area contributed by atoms with Crippen molar-refractivity contribution in [1.82, 2.24) is 5.32 Å². The van der Waals surface area contributed by atoms with Crippen LogP contribution in [0.3, 0.4) is 0 Å². The van der Waals surface area contributed by atoms with Crippen LogP contribution in [-0.2, 0) is 4.79 Å². The SMILES string of the molecule is CCSCC(C)NC(=O)c1ccc(/C=C/C(=O)O)s1. The number of rotatable bonds is 7. The van der Waals surface area contributed by atoms with Gasteiger partial charge in [-0.1, -0.05) is 6.92 Å². The number of nitrogens with one attached hydrogen (secondary N) is 1. The molecule has 1 heterocycles. The Labute approximate surface area is 120 Å². The lowest BCUT2D eigenvalue weighted by molar-refractivity contribution is -0.131. The van der Waals surface area contributed by atoms with Gasteiger partial charge in [0.25, 0.3) is 5.91 Å². The van der Waals surface area contributed by atoms with Crippen molar-refractivity contribution < 1.29 is 14.7 Å². The van der Waals surface area contributed by atoms with Crippen molar-refractivity contribution in [1.29, 1.82) is 0 Å². The molecule has 0 radical (unpaired) electrons. The highest BCUT2D eigenvalue weighted by Gasteiger charge is 2.11. The molecule has 1 atom stereocenters. The molecule has 0 fully saturated rings. The Kier molecular flexibility index (Phi) is 6.66. The van der Waals surface area contributed by atoms with Gasteiger partial charge in [0.05, 0.1) is 4.88 Å². The van der Waals surface area contributed by atoms with Gasteiger partial charge in [-0.3, -0.25) is 4.79 Å². The second kappa shape index (κ2) is 8.01. The molecular weight excluding hydrogens is 282 g/mol. The number of aliphatic carboxylic acids is 1. The first-order chi connectivity index (χ1) is 9.02. The molecule has 1 amide bonds. The molecule has 0 bridgehead atoms. The molecule has 1 aromatic heterocycles. The monoisotopic (exact) mass is 299 g/mol. The third-order valence-corrected chi connectivity index (χ3v) is 4.38. The van der Waals surface area contributed by atoms with Crippen LogP contribution in [0, 0.1) is 0 Å². The summed E-state index contributed by atoms with van der Waals surface area (Å²) in [7, 11) is 0. The second-order valence-corrected chi connectivity index (χ2v) is 6.34. The van der Waals surface area contributed by atoms with E-state index in [1.54, 1.807) is 23.9 Å². The fourth-order valence-electron chi connectivity index (χ4n) is 1.35. The summed E-state index contributed by atoms with van der Waals surface area (Å²) in [5.74, 6) is 0.816. The number of hydrogen-bond acceptors (Lipinski definition) is 4. The van der Waals surface area contributed by atoms with Gasteiger partial charge in [-0.15, -0.1) is 11.3 Å². The summed E-state index contributed by atoms with van der Waals surface area (Å²) in [5, 5.41) is 11.4. The molecule has 6 heteroatoms. The largest absolute Gasteiger partial charge is 0.478 e. The first-order valence-electron chi connectivity index (χ1n) is 5.92. The second-order valence-electron chi connectivity index (χ2n) is 3.91. The maximum atomic E-state index is 11.9. The van der Waals surface area contributed by atoms with Crippen LogP contribution in [-0.4, -0.2) is 34.5 Å². The summed E-state index contributed by atoms with van der Waals surface area (Å²) >= 11 is 3.06. The molecule has 19 heavy (non-hydrogen) atoms.